The molecular formula is C13H22N4O2. The Morgan fingerprint density at radius 1 is 1.53 bits per heavy atom. The van der Waals surface area contributed by atoms with Crippen molar-refractivity contribution in [2.75, 3.05) is 18.6 Å². The minimum Gasteiger partial charge on any atom is -0.395 e. The van der Waals surface area contributed by atoms with E-state index in [1.807, 2.05) is 13.8 Å². The molecule has 1 heterocycles. The molecule has 0 aliphatic carbocycles. The number of pyridine rings is 1. The van der Waals surface area contributed by atoms with E-state index in [0.29, 0.717) is 17.9 Å². The van der Waals surface area contributed by atoms with Gasteiger partial charge in [0.05, 0.1) is 12.2 Å². The van der Waals surface area contributed by atoms with E-state index in [-0.39, 0.29) is 18.6 Å². The molecular weight excluding hydrogens is 244 g/mol. The van der Waals surface area contributed by atoms with Gasteiger partial charge in [-0.2, -0.15) is 0 Å². The molecule has 1 amide bonds. The Morgan fingerprint density at radius 3 is 2.74 bits per heavy atom. The summed E-state index contributed by atoms with van der Waals surface area (Å²) < 4.78 is 0. The number of hydrogen-bond acceptors (Lipinski definition) is 5. The van der Waals surface area contributed by atoms with E-state index in [2.05, 4.69) is 10.4 Å². The molecule has 0 atom stereocenters. The predicted molar refractivity (Wildman–Crippen MR) is 74.5 cm³/mol. The number of anilines is 1. The van der Waals surface area contributed by atoms with E-state index in [4.69, 9.17) is 10.9 Å². The highest BCUT2D eigenvalue weighted by molar-refractivity contribution is 5.98. The first kappa shape index (κ1) is 15.4. The van der Waals surface area contributed by atoms with Crippen LogP contribution in [0.15, 0.2) is 18.3 Å². The third-order valence-corrected chi connectivity index (χ3v) is 3.16. The van der Waals surface area contributed by atoms with Gasteiger partial charge in [-0.25, -0.2) is 10.8 Å². The van der Waals surface area contributed by atoms with E-state index >= 15 is 0 Å². The molecule has 19 heavy (non-hydrogen) atoms. The summed E-state index contributed by atoms with van der Waals surface area (Å²) in [4.78, 5) is 18.3. The van der Waals surface area contributed by atoms with E-state index in [9.17, 15) is 4.79 Å². The topological polar surface area (TPSA) is 91.5 Å². The highest BCUT2D eigenvalue weighted by Gasteiger charge is 2.24. The van der Waals surface area contributed by atoms with Crippen molar-refractivity contribution in [3.05, 3.63) is 23.9 Å². The molecule has 0 radical (unpaired) electrons. The second kappa shape index (κ2) is 7.70. The van der Waals surface area contributed by atoms with Gasteiger partial charge in [0, 0.05) is 18.8 Å². The zero-order valence-electron chi connectivity index (χ0n) is 11.5. The largest absolute Gasteiger partial charge is 0.395 e. The average Bonchev–Trinajstić information content (AvgIpc) is 2.46. The lowest BCUT2D eigenvalue weighted by Crippen LogP contribution is -2.42. The number of carbonyl (C=O) groups excluding carboxylic acids is 1. The van der Waals surface area contributed by atoms with Crippen molar-refractivity contribution in [2.24, 2.45) is 5.84 Å². The molecule has 0 aromatic carbocycles. The molecule has 0 aliphatic rings. The minimum absolute atomic E-state index is 0.0616. The molecule has 0 saturated carbocycles. The van der Waals surface area contributed by atoms with Crippen LogP contribution in [0.5, 0.6) is 0 Å². The monoisotopic (exact) mass is 266 g/mol. The van der Waals surface area contributed by atoms with Gasteiger partial charge in [-0.05, 0) is 25.0 Å². The summed E-state index contributed by atoms with van der Waals surface area (Å²) in [5.41, 5.74) is 2.85. The van der Waals surface area contributed by atoms with Crippen LogP contribution in [-0.4, -0.2) is 40.1 Å². The molecule has 0 fully saturated rings. The van der Waals surface area contributed by atoms with Crippen molar-refractivity contribution in [3.63, 3.8) is 0 Å². The van der Waals surface area contributed by atoms with Gasteiger partial charge in [-0.3, -0.25) is 4.79 Å². The first-order valence-corrected chi connectivity index (χ1v) is 6.52. The van der Waals surface area contributed by atoms with Crippen molar-refractivity contribution >= 4 is 11.7 Å². The number of aliphatic hydroxyl groups excluding tert-OH is 1. The maximum absolute atomic E-state index is 12.6. The molecule has 0 unspecified atom stereocenters. The fourth-order valence-electron chi connectivity index (χ4n) is 2.13. The average molecular weight is 266 g/mol. The number of hydrogen-bond donors (Lipinski definition) is 3. The van der Waals surface area contributed by atoms with E-state index < -0.39 is 0 Å². The lowest BCUT2D eigenvalue weighted by molar-refractivity contribution is 0.0623. The highest BCUT2D eigenvalue weighted by Crippen LogP contribution is 2.17. The number of aromatic nitrogens is 1. The Bertz CT molecular complexity index is 407. The van der Waals surface area contributed by atoms with Crippen LogP contribution in [-0.2, 0) is 0 Å². The molecule has 1 rings (SSSR count). The third-order valence-electron chi connectivity index (χ3n) is 3.16. The van der Waals surface area contributed by atoms with Crippen molar-refractivity contribution in [1.29, 1.82) is 0 Å². The van der Waals surface area contributed by atoms with Crippen LogP contribution >= 0.6 is 0 Å². The van der Waals surface area contributed by atoms with Crippen LogP contribution in [0.25, 0.3) is 0 Å². The maximum atomic E-state index is 12.6. The van der Waals surface area contributed by atoms with Crippen LogP contribution < -0.4 is 11.3 Å². The summed E-state index contributed by atoms with van der Waals surface area (Å²) in [6.45, 7) is 4.30. The summed E-state index contributed by atoms with van der Waals surface area (Å²) in [5.74, 6) is 5.56. The normalized spacial score (nSPS) is 10.6. The maximum Gasteiger partial charge on any atom is 0.257 e. The number of carbonyl (C=O) groups is 1. The van der Waals surface area contributed by atoms with Crippen molar-refractivity contribution in [1.82, 2.24) is 9.88 Å². The number of nitrogens with two attached hydrogens (primary N) is 1. The Hall–Kier alpha value is -1.66. The van der Waals surface area contributed by atoms with Crippen LogP contribution in [0.4, 0.5) is 5.82 Å². The molecule has 4 N–H and O–H groups in total. The molecule has 1 aromatic heterocycles. The number of hydrazine groups is 1. The van der Waals surface area contributed by atoms with Crippen LogP contribution in [0.3, 0.4) is 0 Å². The zero-order chi connectivity index (χ0) is 14.3. The number of rotatable bonds is 7. The summed E-state index contributed by atoms with van der Waals surface area (Å²) in [7, 11) is 0. The summed E-state index contributed by atoms with van der Waals surface area (Å²) in [5, 5.41) is 9.15. The zero-order valence-corrected chi connectivity index (χ0v) is 11.5. The second-order valence-corrected chi connectivity index (χ2v) is 4.24. The van der Waals surface area contributed by atoms with Crippen LogP contribution in [0, 0.1) is 0 Å². The Labute approximate surface area is 113 Å². The molecule has 6 heteroatoms. The fourth-order valence-corrected chi connectivity index (χ4v) is 2.13. The Balaban J connectivity index is 3.04. The number of nitrogen functional groups attached to an aromatic ring is 1. The van der Waals surface area contributed by atoms with Gasteiger partial charge < -0.3 is 15.4 Å². The van der Waals surface area contributed by atoms with E-state index in [0.717, 1.165) is 12.8 Å². The molecule has 0 spiro atoms. The Kier molecular flexibility index (Phi) is 6.24. The van der Waals surface area contributed by atoms with E-state index in [1.54, 1.807) is 23.2 Å². The molecule has 6 nitrogen and oxygen atoms in total. The first-order chi connectivity index (χ1) is 9.19. The van der Waals surface area contributed by atoms with Gasteiger partial charge in [-0.15, -0.1) is 0 Å². The number of nitrogens with zero attached hydrogens (tertiary/aromatic N) is 2. The van der Waals surface area contributed by atoms with Gasteiger partial charge in [0.1, 0.15) is 0 Å². The smallest absolute Gasteiger partial charge is 0.257 e. The summed E-state index contributed by atoms with van der Waals surface area (Å²) >= 11 is 0. The lowest BCUT2D eigenvalue weighted by Gasteiger charge is -2.30. The number of aliphatic hydroxyl groups is 1. The highest BCUT2D eigenvalue weighted by atomic mass is 16.3. The molecule has 1 aromatic rings. The quantitative estimate of drug-likeness (QED) is 0.505. The number of amides is 1. The minimum atomic E-state index is -0.163. The predicted octanol–water partition coefficient (Wildman–Crippen LogP) is 0.990. The molecule has 0 bridgehead atoms. The molecule has 106 valence electrons. The van der Waals surface area contributed by atoms with Crippen molar-refractivity contribution in [3.8, 4) is 0 Å². The molecule has 0 saturated heterocycles. The van der Waals surface area contributed by atoms with E-state index in [1.165, 1.54) is 0 Å². The first-order valence-electron chi connectivity index (χ1n) is 6.52. The Morgan fingerprint density at radius 2 is 2.21 bits per heavy atom. The summed E-state index contributed by atoms with van der Waals surface area (Å²) in [6, 6.07) is 3.47. The standard InChI is InChI=1S/C13H22N4O2/c1-3-10(4-2)17(8-9-18)13(19)11-6-5-7-15-12(11)16-14/h5-7,10,18H,3-4,8-9,14H2,1-2H3,(H,15,16). The second-order valence-electron chi connectivity index (χ2n) is 4.24. The van der Waals surface area contributed by atoms with Gasteiger partial charge in [-0.1, -0.05) is 13.8 Å². The summed E-state index contributed by atoms with van der Waals surface area (Å²) in [6.07, 6.45) is 3.25. The molecule has 0 aliphatic heterocycles. The van der Waals surface area contributed by atoms with Crippen LogP contribution in [0.1, 0.15) is 37.0 Å². The van der Waals surface area contributed by atoms with Gasteiger partial charge in [0.2, 0.25) is 0 Å². The van der Waals surface area contributed by atoms with Crippen molar-refractivity contribution < 1.29 is 9.90 Å². The third kappa shape index (κ3) is 3.65. The van der Waals surface area contributed by atoms with Gasteiger partial charge in [0.25, 0.3) is 5.91 Å². The van der Waals surface area contributed by atoms with Gasteiger partial charge in [0.15, 0.2) is 5.82 Å². The van der Waals surface area contributed by atoms with Crippen LogP contribution in [0.2, 0.25) is 0 Å². The van der Waals surface area contributed by atoms with Gasteiger partial charge >= 0.3 is 0 Å². The SMILES string of the molecule is CCC(CC)N(CCO)C(=O)c1cccnc1NN. The fraction of sp³-hybridized carbons (Fsp3) is 0.538. The number of nitrogens with one attached hydrogen (secondary N) is 1. The van der Waals surface area contributed by atoms with Crippen molar-refractivity contribution in [2.45, 2.75) is 32.7 Å². The lowest BCUT2D eigenvalue weighted by atomic mass is 10.1.